The van der Waals surface area contributed by atoms with E-state index in [1.807, 2.05) is 0 Å². The summed E-state index contributed by atoms with van der Waals surface area (Å²) < 4.78 is 41.4. The van der Waals surface area contributed by atoms with Crippen molar-refractivity contribution in [1.29, 1.82) is 0 Å². The maximum atomic E-state index is 14.0. The van der Waals surface area contributed by atoms with Crippen molar-refractivity contribution in [1.82, 2.24) is 0 Å². The predicted molar refractivity (Wildman–Crippen MR) is 66.1 cm³/mol. The number of ketones is 1. The van der Waals surface area contributed by atoms with Gasteiger partial charge in [-0.15, -0.1) is 0 Å². The summed E-state index contributed by atoms with van der Waals surface area (Å²) in [7, 11) is 0. The lowest BCUT2D eigenvalue weighted by Gasteiger charge is -2.16. The van der Waals surface area contributed by atoms with Gasteiger partial charge in [-0.3, -0.25) is 4.79 Å². The van der Waals surface area contributed by atoms with Crippen molar-refractivity contribution in [3.8, 4) is 0 Å². The molecule has 0 unspecified atom stereocenters. The van der Waals surface area contributed by atoms with Crippen molar-refractivity contribution in [2.75, 3.05) is 0 Å². The minimum Gasteiger partial charge on any atom is -0.287 e. The van der Waals surface area contributed by atoms with E-state index in [0.717, 1.165) is 24.3 Å². The summed E-state index contributed by atoms with van der Waals surface area (Å²) in [4.78, 5) is 11.8. The molecule has 98 valence electrons. The maximum Gasteiger partial charge on any atom is 0.335 e. The highest BCUT2D eigenvalue weighted by atomic mass is 35.5. The number of carbonyl (C=O) groups is 1. The second-order valence-electron chi connectivity index (χ2n) is 3.89. The Bertz CT molecular complexity index is 626. The third kappa shape index (κ3) is 2.63. The van der Waals surface area contributed by atoms with Gasteiger partial charge in [0.05, 0.1) is 5.56 Å². The smallest absolute Gasteiger partial charge is 0.287 e. The Morgan fingerprint density at radius 2 is 1.74 bits per heavy atom. The molecule has 0 heterocycles. The average Bonchev–Trinajstić information content (AvgIpc) is 2.38. The first-order chi connectivity index (χ1) is 8.93. The minimum absolute atomic E-state index is 0.0820. The summed E-state index contributed by atoms with van der Waals surface area (Å²) in [6, 6.07) is 9.41. The van der Waals surface area contributed by atoms with Crippen LogP contribution in [0.15, 0.2) is 48.5 Å². The highest BCUT2D eigenvalue weighted by molar-refractivity contribution is 6.30. The molecule has 2 aromatic rings. The van der Waals surface area contributed by atoms with E-state index in [9.17, 15) is 18.0 Å². The van der Waals surface area contributed by atoms with Crippen LogP contribution < -0.4 is 0 Å². The van der Waals surface area contributed by atoms with Crippen LogP contribution in [0, 0.1) is 5.82 Å². The Morgan fingerprint density at radius 1 is 1.05 bits per heavy atom. The summed E-state index contributed by atoms with van der Waals surface area (Å²) in [5.74, 6) is -6.39. The van der Waals surface area contributed by atoms with E-state index in [4.69, 9.17) is 11.6 Å². The molecule has 0 amide bonds. The zero-order valence-corrected chi connectivity index (χ0v) is 10.3. The molecular formula is C14H8ClF3O. The molecule has 0 radical (unpaired) electrons. The van der Waals surface area contributed by atoms with Gasteiger partial charge in [-0.1, -0.05) is 35.9 Å². The van der Waals surface area contributed by atoms with Gasteiger partial charge >= 0.3 is 5.92 Å². The van der Waals surface area contributed by atoms with Gasteiger partial charge < -0.3 is 0 Å². The Balaban J connectivity index is 2.45. The lowest BCUT2D eigenvalue weighted by atomic mass is 9.98. The molecule has 0 spiro atoms. The summed E-state index contributed by atoms with van der Waals surface area (Å²) >= 11 is 5.61. The fraction of sp³-hybridized carbons (Fsp3) is 0.0714. The third-order valence-corrected chi connectivity index (χ3v) is 2.83. The second kappa shape index (κ2) is 5.05. The van der Waals surface area contributed by atoms with Crippen LogP contribution >= 0.6 is 11.6 Å². The van der Waals surface area contributed by atoms with E-state index in [2.05, 4.69) is 0 Å². The SMILES string of the molecule is O=C(c1ccccc1F)C(F)(F)c1cccc(Cl)c1. The molecule has 19 heavy (non-hydrogen) atoms. The molecule has 0 bridgehead atoms. The molecule has 0 aliphatic carbocycles. The number of rotatable bonds is 3. The van der Waals surface area contributed by atoms with E-state index in [1.54, 1.807) is 0 Å². The first-order valence-electron chi connectivity index (χ1n) is 5.36. The maximum absolute atomic E-state index is 14.0. The highest BCUT2D eigenvalue weighted by Crippen LogP contribution is 2.33. The number of hydrogen-bond acceptors (Lipinski definition) is 1. The Kier molecular flexibility index (Phi) is 3.62. The summed E-state index contributed by atoms with van der Waals surface area (Å²) in [5, 5.41) is 0.0820. The largest absolute Gasteiger partial charge is 0.335 e. The van der Waals surface area contributed by atoms with E-state index in [-0.39, 0.29) is 5.02 Å². The number of halogens is 4. The average molecular weight is 285 g/mol. The van der Waals surface area contributed by atoms with Gasteiger partial charge in [0.1, 0.15) is 5.82 Å². The van der Waals surface area contributed by atoms with Crippen LogP contribution in [0.2, 0.25) is 5.02 Å². The van der Waals surface area contributed by atoms with Crippen LogP contribution in [0.1, 0.15) is 15.9 Å². The molecule has 2 rings (SSSR count). The van der Waals surface area contributed by atoms with Gasteiger partial charge in [0.2, 0.25) is 5.78 Å². The van der Waals surface area contributed by atoms with Crippen LogP contribution in [0.3, 0.4) is 0 Å². The van der Waals surface area contributed by atoms with Crippen LogP contribution in [0.25, 0.3) is 0 Å². The summed E-state index contributed by atoms with van der Waals surface area (Å²) in [5.41, 5.74) is -1.21. The first kappa shape index (κ1) is 13.6. The quantitative estimate of drug-likeness (QED) is 0.761. The molecule has 5 heteroatoms. The van der Waals surface area contributed by atoms with E-state index in [1.165, 1.54) is 24.3 Å². The van der Waals surface area contributed by atoms with Gasteiger partial charge in [0, 0.05) is 10.6 Å². The summed E-state index contributed by atoms with van der Waals surface area (Å²) in [6.45, 7) is 0. The fourth-order valence-corrected chi connectivity index (χ4v) is 1.82. The number of hydrogen-bond donors (Lipinski definition) is 0. The number of alkyl halides is 2. The monoisotopic (exact) mass is 284 g/mol. The molecule has 0 saturated carbocycles. The van der Waals surface area contributed by atoms with Crippen LogP contribution in [-0.4, -0.2) is 5.78 Å². The Labute approximate surface area is 112 Å². The van der Waals surface area contributed by atoms with Gasteiger partial charge in [-0.2, -0.15) is 8.78 Å². The van der Waals surface area contributed by atoms with Crippen molar-refractivity contribution >= 4 is 17.4 Å². The molecule has 0 aliphatic rings. The zero-order chi connectivity index (χ0) is 14.0. The van der Waals surface area contributed by atoms with Gasteiger partial charge in [0.25, 0.3) is 0 Å². The van der Waals surface area contributed by atoms with Gasteiger partial charge in [0.15, 0.2) is 0 Å². The van der Waals surface area contributed by atoms with Crippen molar-refractivity contribution < 1.29 is 18.0 Å². The van der Waals surface area contributed by atoms with Crippen LogP contribution in [-0.2, 0) is 5.92 Å². The second-order valence-corrected chi connectivity index (χ2v) is 4.33. The zero-order valence-electron chi connectivity index (χ0n) is 9.54. The van der Waals surface area contributed by atoms with E-state index in [0.29, 0.717) is 0 Å². The van der Waals surface area contributed by atoms with Crippen molar-refractivity contribution in [2.45, 2.75) is 5.92 Å². The minimum atomic E-state index is -3.83. The predicted octanol–water partition coefficient (Wildman–Crippen LogP) is 4.45. The van der Waals surface area contributed by atoms with Crippen molar-refractivity contribution in [2.24, 2.45) is 0 Å². The number of Topliss-reactive ketones (excluding diaryl/α,β-unsaturated/α-hetero) is 1. The van der Waals surface area contributed by atoms with Crippen molar-refractivity contribution in [3.05, 3.63) is 70.5 Å². The van der Waals surface area contributed by atoms with Crippen LogP contribution in [0.5, 0.6) is 0 Å². The van der Waals surface area contributed by atoms with Crippen molar-refractivity contribution in [3.63, 3.8) is 0 Å². The van der Waals surface area contributed by atoms with E-state index >= 15 is 0 Å². The highest BCUT2D eigenvalue weighted by Gasteiger charge is 2.42. The Morgan fingerprint density at radius 3 is 2.37 bits per heavy atom. The van der Waals surface area contributed by atoms with E-state index < -0.39 is 28.6 Å². The molecule has 0 aromatic heterocycles. The molecular weight excluding hydrogens is 277 g/mol. The summed E-state index contributed by atoms with van der Waals surface area (Å²) in [6.07, 6.45) is 0. The topological polar surface area (TPSA) is 17.1 Å². The molecule has 0 saturated heterocycles. The molecule has 1 nitrogen and oxygen atoms in total. The number of benzene rings is 2. The molecule has 0 N–H and O–H groups in total. The van der Waals surface area contributed by atoms with Crippen LogP contribution in [0.4, 0.5) is 13.2 Å². The molecule has 0 aliphatic heterocycles. The first-order valence-corrected chi connectivity index (χ1v) is 5.74. The van der Waals surface area contributed by atoms with Gasteiger partial charge in [-0.25, -0.2) is 4.39 Å². The lowest BCUT2D eigenvalue weighted by Crippen LogP contribution is -2.27. The third-order valence-electron chi connectivity index (χ3n) is 2.59. The normalized spacial score (nSPS) is 11.4. The lowest BCUT2D eigenvalue weighted by molar-refractivity contribution is 0.00703. The Hall–Kier alpha value is -1.81. The number of carbonyl (C=O) groups excluding carboxylic acids is 1. The molecule has 2 aromatic carbocycles. The standard InChI is InChI=1S/C14H8ClF3O/c15-10-5-3-4-9(8-10)14(17,18)13(19)11-6-1-2-7-12(11)16/h1-8H. The molecule has 0 fully saturated rings. The van der Waals surface area contributed by atoms with Gasteiger partial charge in [-0.05, 0) is 24.3 Å². The fourth-order valence-electron chi connectivity index (χ4n) is 1.63. The molecule has 0 atom stereocenters.